The van der Waals surface area contributed by atoms with Crippen molar-refractivity contribution in [2.75, 3.05) is 31.2 Å². The van der Waals surface area contributed by atoms with E-state index in [9.17, 15) is 19.3 Å². The number of anilines is 1. The topological polar surface area (TPSA) is 103 Å². The van der Waals surface area contributed by atoms with Gasteiger partial charge in [-0.15, -0.1) is 0 Å². The third-order valence-corrected chi connectivity index (χ3v) is 5.34. The van der Waals surface area contributed by atoms with Crippen LogP contribution in [0.3, 0.4) is 0 Å². The maximum atomic E-state index is 14.6. The molecule has 1 N–H and O–H groups in total. The van der Waals surface area contributed by atoms with Crippen LogP contribution >= 0.6 is 0 Å². The molecule has 0 saturated carbocycles. The van der Waals surface area contributed by atoms with E-state index >= 15 is 0 Å². The molecule has 1 fully saturated rings. The van der Waals surface area contributed by atoms with Gasteiger partial charge in [-0.25, -0.2) is 9.37 Å². The molecule has 10 heteroatoms. The van der Waals surface area contributed by atoms with Crippen LogP contribution in [0.5, 0.6) is 0 Å². The van der Waals surface area contributed by atoms with Crippen LogP contribution in [0, 0.1) is 22.9 Å². The molecule has 1 aliphatic rings. The summed E-state index contributed by atoms with van der Waals surface area (Å²) in [6.45, 7) is 4.04. The van der Waals surface area contributed by atoms with Crippen molar-refractivity contribution in [3.8, 4) is 5.69 Å². The number of rotatable bonds is 6. The Kier molecular flexibility index (Phi) is 6.13. The number of carbonyl (C=O) groups is 1. The number of aryl methyl sites for hydroxylation is 1. The quantitative estimate of drug-likeness (QED) is 0.468. The maximum Gasteiger partial charge on any atom is 0.270 e. The van der Waals surface area contributed by atoms with Crippen LogP contribution in [-0.2, 0) is 11.3 Å². The molecule has 166 valence electrons. The molecule has 2 heterocycles. The number of hydrogen-bond donors (Lipinski definition) is 1. The first kappa shape index (κ1) is 21.4. The van der Waals surface area contributed by atoms with Gasteiger partial charge in [-0.1, -0.05) is 6.07 Å². The summed E-state index contributed by atoms with van der Waals surface area (Å²) in [5.41, 5.74) is 1.57. The zero-order valence-electron chi connectivity index (χ0n) is 17.5. The average Bonchev–Trinajstić information content (AvgIpc) is 3.23. The van der Waals surface area contributed by atoms with Crippen molar-refractivity contribution in [1.29, 1.82) is 0 Å². The molecule has 1 aliphatic heterocycles. The van der Waals surface area contributed by atoms with Gasteiger partial charge in [0.25, 0.3) is 11.6 Å². The lowest BCUT2D eigenvalue weighted by Crippen LogP contribution is -2.38. The first-order chi connectivity index (χ1) is 15.4. The van der Waals surface area contributed by atoms with Crippen molar-refractivity contribution >= 4 is 17.3 Å². The Bertz CT molecular complexity index is 1160. The van der Waals surface area contributed by atoms with Crippen molar-refractivity contribution in [2.24, 2.45) is 0 Å². The number of nitrogens with one attached hydrogen (secondary N) is 1. The van der Waals surface area contributed by atoms with Crippen molar-refractivity contribution in [2.45, 2.75) is 13.5 Å². The first-order valence-electron chi connectivity index (χ1n) is 10.1. The summed E-state index contributed by atoms with van der Waals surface area (Å²) >= 11 is 0. The zero-order valence-corrected chi connectivity index (χ0v) is 17.5. The molecule has 4 rings (SSSR count). The van der Waals surface area contributed by atoms with Gasteiger partial charge in [0.15, 0.2) is 0 Å². The standard InChI is InChI=1S/C22H22FN5O4/c1-15-24-6-7-27(15)21-4-2-16(12-19(21)23)14-25-22(29)18-13-17(28(30)31)3-5-20(18)26-8-10-32-11-9-26/h2-7,12-13H,8-11,14H2,1H3,(H,25,29). The van der Waals surface area contributed by atoms with Gasteiger partial charge in [0.1, 0.15) is 11.6 Å². The van der Waals surface area contributed by atoms with E-state index in [-0.39, 0.29) is 17.8 Å². The van der Waals surface area contributed by atoms with Crippen molar-refractivity contribution in [3.05, 3.63) is 81.7 Å². The molecule has 0 aliphatic carbocycles. The first-order valence-corrected chi connectivity index (χ1v) is 10.1. The summed E-state index contributed by atoms with van der Waals surface area (Å²) in [6.07, 6.45) is 3.26. The van der Waals surface area contributed by atoms with E-state index in [1.165, 1.54) is 18.2 Å². The Morgan fingerprint density at radius 2 is 1.97 bits per heavy atom. The highest BCUT2D eigenvalue weighted by Crippen LogP contribution is 2.26. The SMILES string of the molecule is Cc1nccn1-c1ccc(CNC(=O)c2cc([N+](=O)[O-])ccc2N2CCOCC2)cc1F. The van der Waals surface area contributed by atoms with Gasteiger partial charge in [-0.2, -0.15) is 0 Å². The fourth-order valence-corrected chi connectivity index (χ4v) is 3.67. The normalized spacial score (nSPS) is 13.8. The van der Waals surface area contributed by atoms with E-state index in [0.29, 0.717) is 49.1 Å². The maximum absolute atomic E-state index is 14.6. The number of ether oxygens (including phenoxy) is 1. The Labute approximate surface area is 183 Å². The predicted molar refractivity (Wildman–Crippen MR) is 116 cm³/mol. The third kappa shape index (κ3) is 4.45. The molecule has 32 heavy (non-hydrogen) atoms. The number of imidazole rings is 1. The minimum absolute atomic E-state index is 0.0736. The smallest absolute Gasteiger partial charge is 0.270 e. The lowest BCUT2D eigenvalue weighted by atomic mass is 10.1. The number of nitro benzene ring substituents is 1. The van der Waals surface area contributed by atoms with Crippen LogP contribution in [-0.4, -0.2) is 46.7 Å². The summed E-state index contributed by atoms with van der Waals surface area (Å²) in [5, 5.41) is 14.0. The molecular weight excluding hydrogens is 417 g/mol. The zero-order chi connectivity index (χ0) is 22.7. The number of non-ortho nitro benzene ring substituents is 1. The number of morpholine rings is 1. The lowest BCUT2D eigenvalue weighted by Gasteiger charge is -2.30. The van der Waals surface area contributed by atoms with E-state index in [4.69, 9.17) is 4.74 Å². The molecule has 0 unspecified atom stereocenters. The van der Waals surface area contributed by atoms with E-state index < -0.39 is 16.6 Å². The van der Waals surface area contributed by atoms with Crippen LogP contribution in [0.1, 0.15) is 21.7 Å². The predicted octanol–water partition coefficient (Wildman–Crippen LogP) is 2.99. The van der Waals surface area contributed by atoms with Crippen molar-refractivity contribution in [3.63, 3.8) is 0 Å². The fourth-order valence-electron chi connectivity index (χ4n) is 3.67. The molecule has 1 aromatic heterocycles. The van der Waals surface area contributed by atoms with Gasteiger partial charge in [-0.3, -0.25) is 14.9 Å². The second-order valence-electron chi connectivity index (χ2n) is 7.37. The molecule has 9 nitrogen and oxygen atoms in total. The van der Waals surface area contributed by atoms with Crippen LogP contribution < -0.4 is 10.2 Å². The van der Waals surface area contributed by atoms with E-state index in [1.54, 1.807) is 42.1 Å². The molecule has 0 atom stereocenters. The van der Waals surface area contributed by atoms with Crippen LogP contribution in [0.25, 0.3) is 5.69 Å². The minimum Gasteiger partial charge on any atom is -0.378 e. The Morgan fingerprint density at radius 3 is 2.62 bits per heavy atom. The molecule has 1 saturated heterocycles. The monoisotopic (exact) mass is 439 g/mol. The van der Waals surface area contributed by atoms with Gasteiger partial charge in [0.2, 0.25) is 0 Å². The fraction of sp³-hybridized carbons (Fsp3) is 0.273. The number of aromatic nitrogens is 2. The Hall–Kier alpha value is -3.79. The molecular formula is C22H22FN5O4. The van der Waals surface area contributed by atoms with Crippen molar-refractivity contribution in [1.82, 2.24) is 14.9 Å². The average molecular weight is 439 g/mol. The van der Waals surface area contributed by atoms with Crippen molar-refractivity contribution < 1.29 is 18.8 Å². The number of hydrogen-bond acceptors (Lipinski definition) is 6. The summed E-state index contributed by atoms with van der Waals surface area (Å²) < 4.78 is 21.6. The molecule has 1 amide bonds. The molecule has 0 radical (unpaired) electrons. The number of nitrogens with zero attached hydrogens (tertiary/aromatic N) is 4. The second kappa shape index (κ2) is 9.15. The minimum atomic E-state index is -0.536. The van der Waals surface area contributed by atoms with E-state index in [1.807, 2.05) is 4.90 Å². The number of benzene rings is 2. The number of nitro groups is 1. The largest absolute Gasteiger partial charge is 0.378 e. The van der Waals surface area contributed by atoms with Gasteiger partial charge in [0, 0.05) is 44.2 Å². The highest BCUT2D eigenvalue weighted by Gasteiger charge is 2.22. The summed E-state index contributed by atoms with van der Waals surface area (Å²) in [4.78, 5) is 29.7. The number of amides is 1. The molecule has 0 bridgehead atoms. The molecule has 3 aromatic rings. The van der Waals surface area contributed by atoms with Gasteiger partial charge in [-0.05, 0) is 30.7 Å². The van der Waals surface area contributed by atoms with Crippen LogP contribution in [0.15, 0.2) is 48.8 Å². The molecule has 2 aromatic carbocycles. The number of carbonyl (C=O) groups excluding carboxylic acids is 1. The third-order valence-electron chi connectivity index (χ3n) is 5.34. The van der Waals surface area contributed by atoms with Gasteiger partial charge < -0.3 is 19.5 Å². The van der Waals surface area contributed by atoms with E-state index in [2.05, 4.69) is 10.3 Å². The lowest BCUT2D eigenvalue weighted by molar-refractivity contribution is -0.384. The highest BCUT2D eigenvalue weighted by molar-refractivity contribution is 6.00. The summed E-state index contributed by atoms with van der Waals surface area (Å²) in [6, 6.07) is 8.93. The van der Waals surface area contributed by atoms with E-state index in [0.717, 1.165) is 0 Å². The van der Waals surface area contributed by atoms with Gasteiger partial charge in [0.05, 0.1) is 35.1 Å². The summed E-state index contributed by atoms with van der Waals surface area (Å²) in [7, 11) is 0. The molecule has 0 spiro atoms. The van der Waals surface area contributed by atoms with Crippen LogP contribution in [0.2, 0.25) is 0 Å². The second-order valence-corrected chi connectivity index (χ2v) is 7.37. The van der Waals surface area contributed by atoms with Gasteiger partial charge >= 0.3 is 0 Å². The Balaban J connectivity index is 1.53. The Morgan fingerprint density at radius 1 is 1.22 bits per heavy atom. The number of halogens is 1. The van der Waals surface area contributed by atoms with Crippen LogP contribution in [0.4, 0.5) is 15.8 Å². The summed E-state index contributed by atoms with van der Waals surface area (Å²) in [5.74, 6) is -0.251. The highest BCUT2D eigenvalue weighted by atomic mass is 19.1.